The molecule has 0 aliphatic carbocycles. The zero-order chi connectivity index (χ0) is 12.1. The standard InChI is InChI=1S/C10H10ClN5O/c11-8-1-3-13-10(14-8)15-9(17)2-5-16-6-4-12-7-16/h1,3-4,6-7H,2,5H2,(H,13,14,15,17). The summed E-state index contributed by atoms with van der Waals surface area (Å²) in [5, 5.41) is 2.86. The van der Waals surface area contributed by atoms with Crippen molar-refractivity contribution in [1.29, 1.82) is 0 Å². The van der Waals surface area contributed by atoms with Crippen LogP contribution < -0.4 is 5.32 Å². The van der Waals surface area contributed by atoms with Crippen molar-refractivity contribution in [1.82, 2.24) is 19.5 Å². The molecule has 2 rings (SSSR count). The summed E-state index contributed by atoms with van der Waals surface area (Å²) in [6.45, 7) is 0.562. The molecule has 1 N–H and O–H groups in total. The Hall–Kier alpha value is -1.95. The highest BCUT2D eigenvalue weighted by atomic mass is 35.5. The van der Waals surface area contributed by atoms with Gasteiger partial charge in [-0.3, -0.25) is 10.1 Å². The maximum Gasteiger partial charge on any atom is 0.230 e. The molecule has 2 aromatic rings. The Balaban J connectivity index is 1.85. The SMILES string of the molecule is O=C(CCn1ccnc1)Nc1nccc(Cl)n1. The molecule has 6 nitrogen and oxygen atoms in total. The quantitative estimate of drug-likeness (QED) is 0.833. The van der Waals surface area contributed by atoms with E-state index < -0.39 is 0 Å². The molecule has 88 valence electrons. The lowest BCUT2D eigenvalue weighted by atomic mass is 10.4. The summed E-state index contributed by atoms with van der Waals surface area (Å²) in [6.07, 6.45) is 6.93. The number of rotatable bonds is 4. The van der Waals surface area contributed by atoms with Crippen LogP contribution >= 0.6 is 11.6 Å². The molecule has 2 aromatic heterocycles. The number of hydrogen-bond donors (Lipinski definition) is 1. The molecule has 2 heterocycles. The predicted octanol–water partition coefficient (Wildman–Crippen LogP) is 1.36. The lowest BCUT2D eigenvalue weighted by molar-refractivity contribution is -0.116. The van der Waals surface area contributed by atoms with Crippen LogP contribution in [0.15, 0.2) is 31.0 Å². The first-order valence-electron chi connectivity index (χ1n) is 4.98. The fraction of sp³-hybridized carbons (Fsp3) is 0.200. The van der Waals surface area contributed by atoms with Crippen LogP contribution in [0.5, 0.6) is 0 Å². The fourth-order valence-electron chi connectivity index (χ4n) is 1.23. The number of aromatic nitrogens is 4. The Labute approximate surface area is 103 Å². The van der Waals surface area contributed by atoms with E-state index >= 15 is 0 Å². The maximum atomic E-state index is 11.6. The van der Waals surface area contributed by atoms with Gasteiger partial charge in [0, 0.05) is 31.6 Å². The zero-order valence-electron chi connectivity index (χ0n) is 8.88. The normalized spacial score (nSPS) is 10.2. The molecule has 0 unspecified atom stereocenters. The molecule has 0 atom stereocenters. The van der Waals surface area contributed by atoms with Crippen LogP contribution in [0.4, 0.5) is 5.95 Å². The molecule has 0 saturated carbocycles. The number of carbonyl (C=O) groups excluding carboxylic acids is 1. The minimum atomic E-state index is -0.166. The van der Waals surface area contributed by atoms with Crippen LogP contribution in [0.2, 0.25) is 5.15 Å². The highest BCUT2D eigenvalue weighted by molar-refractivity contribution is 6.29. The third kappa shape index (κ3) is 3.53. The molecule has 0 aromatic carbocycles. The second-order valence-electron chi connectivity index (χ2n) is 3.30. The van der Waals surface area contributed by atoms with E-state index in [2.05, 4.69) is 20.3 Å². The summed E-state index contributed by atoms with van der Waals surface area (Å²) in [4.78, 5) is 23.2. The number of anilines is 1. The van der Waals surface area contributed by atoms with Gasteiger partial charge in [-0.15, -0.1) is 0 Å². The lowest BCUT2D eigenvalue weighted by Crippen LogP contribution is -2.15. The molecule has 7 heteroatoms. The highest BCUT2D eigenvalue weighted by Crippen LogP contribution is 2.06. The summed E-state index contributed by atoms with van der Waals surface area (Å²) in [6, 6.07) is 1.54. The molecular weight excluding hydrogens is 242 g/mol. The maximum absolute atomic E-state index is 11.6. The van der Waals surface area contributed by atoms with Crippen molar-refractivity contribution in [3.8, 4) is 0 Å². The summed E-state index contributed by atoms with van der Waals surface area (Å²) in [7, 11) is 0. The smallest absolute Gasteiger partial charge is 0.230 e. The van der Waals surface area contributed by atoms with E-state index in [1.165, 1.54) is 6.20 Å². The van der Waals surface area contributed by atoms with Crippen LogP contribution in [0.1, 0.15) is 6.42 Å². The van der Waals surface area contributed by atoms with E-state index in [1.807, 2.05) is 4.57 Å². The van der Waals surface area contributed by atoms with Gasteiger partial charge in [0.25, 0.3) is 0 Å². The minimum Gasteiger partial charge on any atom is -0.337 e. The second-order valence-corrected chi connectivity index (χ2v) is 3.69. The van der Waals surface area contributed by atoms with Crippen molar-refractivity contribution in [3.63, 3.8) is 0 Å². The Morgan fingerprint density at radius 1 is 1.47 bits per heavy atom. The monoisotopic (exact) mass is 251 g/mol. The number of nitrogens with zero attached hydrogens (tertiary/aromatic N) is 4. The molecule has 0 spiro atoms. The summed E-state index contributed by atoms with van der Waals surface area (Å²) in [5.41, 5.74) is 0. The molecular formula is C10H10ClN5O. The first-order valence-corrected chi connectivity index (χ1v) is 5.36. The number of aryl methyl sites for hydroxylation is 1. The van der Waals surface area contributed by atoms with E-state index in [0.717, 1.165) is 0 Å². The van der Waals surface area contributed by atoms with Crippen molar-refractivity contribution in [2.24, 2.45) is 0 Å². The van der Waals surface area contributed by atoms with Gasteiger partial charge in [-0.2, -0.15) is 0 Å². The average molecular weight is 252 g/mol. The third-order valence-corrected chi connectivity index (χ3v) is 2.24. The largest absolute Gasteiger partial charge is 0.337 e. The Kier molecular flexibility index (Phi) is 3.66. The molecule has 0 aliphatic heterocycles. The molecule has 0 fully saturated rings. The van der Waals surface area contributed by atoms with Gasteiger partial charge in [-0.05, 0) is 6.07 Å². The van der Waals surface area contributed by atoms with Crippen molar-refractivity contribution >= 4 is 23.5 Å². The number of halogens is 1. The number of amides is 1. The van der Waals surface area contributed by atoms with E-state index in [9.17, 15) is 4.79 Å². The van der Waals surface area contributed by atoms with Gasteiger partial charge in [0.1, 0.15) is 5.15 Å². The van der Waals surface area contributed by atoms with Crippen molar-refractivity contribution in [3.05, 3.63) is 36.1 Å². The van der Waals surface area contributed by atoms with E-state index in [-0.39, 0.29) is 11.9 Å². The van der Waals surface area contributed by atoms with Crippen LogP contribution in [0, 0.1) is 0 Å². The predicted molar refractivity (Wildman–Crippen MR) is 62.5 cm³/mol. The molecule has 0 saturated heterocycles. The first kappa shape index (κ1) is 11.5. The van der Waals surface area contributed by atoms with Gasteiger partial charge >= 0.3 is 0 Å². The van der Waals surface area contributed by atoms with Gasteiger partial charge in [-0.25, -0.2) is 15.0 Å². The van der Waals surface area contributed by atoms with Crippen LogP contribution in [0.3, 0.4) is 0 Å². The number of carbonyl (C=O) groups is 1. The third-order valence-electron chi connectivity index (χ3n) is 2.03. The van der Waals surface area contributed by atoms with Gasteiger partial charge in [-0.1, -0.05) is 11.6 Å². The van der Waals surface area contributed by atoms with E-state index in [0.29, 0.717) is 18.1 Å². The van der Waals surface area contributed by atoms with Crippen LogP contribution in [0.25, 0.3) is 0 Å². The summed E-state index contributed by atoms with van der Waals surface area (Å²) < 4.78 is 1.82. The number of hydrogen-bond acceptors (Lipinski definition) is 4. The van der Waals surface area contributed by atoms with Crippen LogP contribution in [-0.2, 0) is 11.3 Å². The highest BCUT2D eigenvalue weighted by Gasteiger charge is 2.04. The van der Waals surface area contributed by atoms with Crippen molar-refractivity contribution < 1.29 is 4.79 Å². The molecule has 0 aliphatic rings. The topological polar surface area (TPSA) is 72.7 Å². The van der Waals surface area contributed by atoms with Gasteiger partial charge in [0.15, 0.2) is 0 Å². The minimum absolute atomic E-state index is 0.166. The number of imidazole rings is 1. The summed E-state index contributed by atoms with van der Waals surface area (Å²) >= 11 is 5.67. The van der Waals surface area contributed by atoms with Crippen molar-refractivity contribution in [2.75, 3.05) is 5.32 Å². The number of nitrogens with one attached hydrogen (secondary N) is 1. The Bertz CT molecular complexity index is 499. The molecule has 17 heavy (non-hydrogen) atoms. The van der Waals surface area contributed by atoms with Gasteiger partial charge < -0.3 is 4.57 Å². The zero-order valence-corrected chi connectivity index (χ0v) is 9.63. The van der Waals surface area contributed by atoms with E-state index in [4.69, 9.17) is 11.6 Å². The fourth-order valence-corrected chi connectivity index (χ4v) is 1.37. The summed E-state index contributed by atoms with van der Waals surface area (Å²) in [5.74, 6) is 0.0501. The molecule has 0 bridgehead atoms. The molecule has 0 radical (unpaired) electrons. The van der Waals surface area contributed by atoms with Gasteiger partial charge in [0.2, 0.25) is 11.9 Å². The average Bonchev–Trinajstić information content (AvgIpc) is 2.79. The van der Waals surface area contributed by atoms with E-state index in [1.54, 1.807) is 24.8 Å². The second kappa shape index (κ2) is 5.40. The van der Waals surface area contributed by atoms with Crippen LogP contribution in [-0.4, -0.2) is 25.4 Å². The van der Waals surface area contributed by atoms with Crippen molar-refractivity contribution in [2.45, 2.75) is 13.0 Å². The first-order chi connectivity index (χ1) is 8.24. The lowest BCUT2D eigenvalue weighted by Gasteiger charge is -2.03. The Morgan fingerprint density at radius 2 is 2.35 bits per heavy atom. The molecule has 1 amide bonds. The van der Waals surface area contributed by atoms with Gasteiger partial charge in [0.05, 0.1) is 6.33 Å². The Morgan fingerprint density at radius 3 is 3.06 bits per heavy atom.